The third kappa shape index (κ3) is 7.99. The molecule has 7 heteroatoms. The molecule has 0 fully saturated rings. The predicted molar refractivity (Wildman–Crippen MR) is 133 cm³/mol. The van der Waals surface area contributed by atoms with Crippen molar-refractivity contribution in [3.8, 4) is 0 Å². The quantitative estimate of drug-likeness (QED) is 0.413. The van der Waals surface area contributed by atoms with Gasteiger partial charge >= 0.3 is 12.1 Å². The molecular weight excluding hydrogens is 444 g/mol. The van der Waals surface area contributed by atoms with Crippen molar-refractivity contribution in [1.82, 2.24) is 10.6 Å². The highest BCUT2D eigenvalue weighted by Gasteiger charge is 2.27. The fraction of sp³-hybridized carbons (Fsp3) is 0.250. The van der Waals surface area contributed by atoms with Crippen molar-refractivity contribution < 1.29 is 24.2 Å². The fourth-order valence-corrected chi connectivity index (χ4v) is 3.60. The SMILES string of the molecule is Cc1ccc(C[C@H](NC(=O)[C@@H](Cc2ccccc2)NC(=O)OCc2ccccc2)C(=O)O)cc1C. The minimum atomic E-state index is -1.15. The van der Waals surface area contributed by atoms with Crippen molar-refractivity contribution >= 4 is 18.0 Å². The van der Waals surface area contributed by atoms with E-state index in [0.717, 1.165) is 27.8 Å². The monoisotopic (exact) mass is 474 g/mol. The Balaban J connectivity index is 1.70. The molecule has 0 aliphatic carbocycles. The predicted octanol–water partition coefficient (Wildman–Crippen LogP) is 3.95. The summed E-state index contributed by atoms with van der Waals surface area (Å²) in [5.74, 6) is -1.75. The molecular formula is C28H30N2O5. The average molecular weight is 475 g/mol. The number of ether oxygens (including phenoxy) is 1. The van der Waals surface area contributed by atoms with Gasteiger partial charge in [0.2, 0.25) is 5.91 Å². The fourth-order valence-electron chi connectivity index (χ4n) is 3.60. The first-order valence-corrected chi connectivity index (χ1v) is 11.4. The third-order valence-corrected chi connectivity index (χ3v) is 5.73. The van der Waals surface area contributed by atoms with E-state index in [2.05, 4.69) is 10.6 Å². The molecule has 0 bridgehead atoms. The molecule has 0 radical (unpaired) electrons. The highest BCUT2D eigenvalue weighted by Crippen LogP contribution is 2.12. The maximum atomic E-state index is 13.1. The Morgan fingerprint density at radius 3 is 1.94 bits per heavy atom. The molecule has 3 rings (SSSR count). The molecule has 0 spiro atoms. The van der Waals surface area contributed by atoms with Crippen LogP contribution in [0.15, 0.2) is 78.9 Å². The zero-order valence-corrected chi connectivity index (χ0v) is 19.9. The number of alkyl carbamates (subject to hydrolysis) is 1. The first-order chi connectivity index (χ1) is 16.8. The molecule has 2 atom stereocenters. The van der Waals surface area contributed by atoms with Crippen molar-refractivity contribution in [1.29, 1.82) is 0 Å². The van der Waals surface area contributed by atoms with Crippen LogP contribution in [0.4, 0.5) is 4.79 Å². The summed E-state index contributed by atoms with van der Waals surface area (Å²) >= 11 is 0. The number of hydrogen-bond acceptors (Lipinski definition) is 4. The Kier molecular flexibility index (Phi) is 9.01. The molecule has 7 nitrogen and oxygen atoms in total. The van der Waals surface area contributed by atoms with E-state index in [0.29, 0.717) is 0 Å². The molecule has 3 aromatic carbocycles. The average Bonchev–Trinajstić information content (AvgIpc) is 2.85. The Morgan fingerprint density at radius 1 is 0.743 bits per heavy atom. The van der Waals surface area contributed by atoms with Crippen LogP contribution in [0, 0.1) is 13.8 Å². The van der Waals surface area contributed by atoms with Gasteiger partial charge in [0.25, 0.3) is 0 Å². The van der Waals surface area contributed by atoms with Gasteiger partial charge in [0.1, 0.15) is 18.7 Å². The van der Waals surface area contributed by atoms with E-state index in [4.69, 9.17) is 4.74 Å². The number of amides is 2. The molecule has 3 aromatic rings. The Labute approximate surface area is 205 Å². The van der Waals surface area contributed by atoms with Crippen LogP contribution < -0.4 is 10.6 Å². The van der Waals surface area contributed by atoms with Crippen LogP contribution in [-0.2, 0) is 33.8 Å². The van der Waals surface area contributed by atoms with Crippen molar-refractivity contribution in [3.05, 3.63) is 107 Å². The number of hydrogen-bond donors (Lipinski definition) is 3. The largest absolute Gasteiger partial charge is 0.480 e. The molecule has 0 aromatic heterocycles. The van der Waals surface area contributed by atoms with Crippen molar-refractivity contribution in [2.45, 2.75) is 45.4 Å². The summed E-state index contributed by atoms with van der Waals surface area (Å²) in [4.78, 5) is 37.5. The van der Waals surface area contributed by atoms with Gasteiger partial charge in [-0.05, 0) is 41.7 Å². The van der Waals surface area contributed by atoms with E-state index in [9.17, 15) is 19.5 Å². The normalized spacial score (nSPS) is 12.3. The van der Waals surface area contributed by atoms with Gasteiger partial charge in [-0.15, -0.1) is 0 Å². The molecule has 35 heavy (non-hydrogen) atoms. The molecule has 2 amide bonds. The van der Waals surface area contributed by atoms with Crippen molar-refractivity contribution in [2.75, 3.05) is 0 Å². The summed E-state index contributed by atoms with van der Waals surface area (Å²) in [7, 11) is 0. The molecule has 3 N–H and O–H groups in total. The van der Waals surface area contributed by atoms with Gasteiger partial charge in [-0.3, -0.25) is 4.79 Å². The van der Waals surface area contributed by atoms with E-state index < -0.39 is 30.1 Å². The number of carboxylic acid groups (broad SMARTS) is 1. The first-order valence-electron chi connectivity index (χ1n) is 11.4. The van der Waals surface area contributed by atoms with Crippen LogP contribution in [0.1, 0.15) is 27.8 Å². The molecule has 0 aliphatic heterocycles. The second kappa shape index (κ2) is 12.4. The molecule has 0 saturated carbocycles. The number of aryl methyl sites for hydroxylation is 2. The highest BCUT2D eigenvalue weighted by atomic mass is 16.5. The number of nitrogens with one attached hydrogen (secondary N) is 2. The summed E-state index contributed by atoms with van der Waals surface area (Å²) in [6.45, 7) is 3.98. The first kappa shape index (κ1) is 25.5. The van der Waals surface area contributed by atoms with Gasteiger partial charge < -0.3 is 20.5 Å². The smallest absolute Gasteiger partial charge is 0.408 e. The number of carboxylic acids is 1. The van der Waals surface area contributed by atoms with Crippen LogP contribution in [-0.4, -0.2) is 35.2 Å². The van der Waals surface area contributed by atoms with Crippen LogP contribution >= 0.6 is 0 Å². The van der Waals surface area contributed by atoms with E-state index in [-0.39, 0.29) is 19.4 Å². The Bertz CT molecular complexity index is 1150. The summed E-state index contributed by atoms with van der Waals surface area (Å²) in [6, 6.07) is 21.9. The topological polar surface area (TPSA) is 105 Å². The lowest BCUT2D eigenvalue weighted by atomic mass is 10.00. The second-order valence-corrected chi connectivity index (χ2v) is 8.47. The lowest BCUT2D eigenvalue weighted by Gasteiger charge is -2.22. The molecule has 0 aliphatic rings. The number of benzene rings is 3. The lowest BCUT2D eigenvalue weighted by Crippen LogP contribution is -2.53. The van der Waals surface area contributed by atoms with Gasteiger partial charge in [-0.2, -0.15) is 0 Å². The van der Waals surface area contributed by atoms with Crippen molar-refractivity contribution in [3.63, 3.8) is 0 Å². The maximum Gasteiger partial charge on any atom is 0.408 e. The van der Waals surface area contributed by atoms with Crippen LogP contribution in [0.5, 0.6) is 0 Å². The number of carbonyl (C=O) groups excluding carboxylic acids is 2. The number of carbonyl (C=O) groups is 3. The Hall–Kier alpha value is -4.13. The van der Waals surface area contributed by atoms with E-state index in [1.807, 2.05) is 92.7 Å². The van der Waals surface area contributed by atoms with Gasteiger partial charge in [-0.1, -0.05) is 78.9 Å². The van der Waals surface area contributed by atoms with Crippen LogP contribution in [0.3, 0.4) is 0 Å². The van der Waals surface area contributed by atoms with E-state index >= 15 is 0 Å². The molecule has 0 heterocycles. The minimum Gasteiger partial charge on any atom is -0.480 e. The van der Waals surface area contributed by atoms with E-state index in [1.165, 1.54) is 0 Å². The summed E-state index contributed by atoms with van der Waals surface area (Å²) in [5.41, 5.74) is 4.58. The number of aliphatic carboxylic acids is 1. The number of rotatable bonds is 10. The highest BCUT2D eigenvalue weighted by molar-refractivity contribution is 5.89. The maximum absolute atomic E-state index is 13.1. The van der Waals surface area contributed by atoms with Gasteiger partial charge in [-0.25, -0.2) is 9.59 Å². The van der Waals surface area contributed by atoms with Gasteiger partial charge in [0.05, 0.1) is 0 Å². The van der Waals surface area contributed by atoms with Gasteiger partial charge in [0, 0.05) is 12.8 Å². The molecule has 0 saturated heterocycles. The van der Waals surface area contributed by atoms with Crippen LogP contribution in [0.25, 0.3) is 0 Å². The zero-order valence-electron chi connectivity index (χ0n) is 19.9. The minimum absolute atomic E-state index is 0.0525. The summed E-state index contributed by atoms with van der Waals surface area (Å²) in [5, 5.41) is 14.9. The summed E-state index contributed by atoms with van der Waals surface area (Å²) in [6.07, 6.45) is -0.451. The third-order valence-electron chi connectivity index (χ3n) is 5.73. The van der Waals surface area contributed by atoms with Crippen molar-refractivity contribution in [2.24, 2.45) is 0 Å². The lowest BCUT2D eigenvalue weighted by molar-refractivity contribution is -0.142. The van der Waals surface area contributed by atoms with E-state index in [1.54, 1.807) is 0 Å². The second-order valence-electron chi connectivity index (χ2n) is 8.47. The van der Waals surface area contributed by atoms with Gasteiger partial charge in [0.15, 0.2) is 0 Å². The molecule has 0 unspecified atom stereocenters. The Morgan fingerprint density at radius 2 is 1.34 bits per heavy atom. The standard InChI is InChI=1S/C28H30N2O5/c1-19-13-14-23(15-20(19)2)17-25(27(32)33)29-26(31)24(16-21-9-5-3-6-10-21)30-28(34)35-18-22-11-7-4-8-12-22/h3-15,24-25H,16-18H2,1-2H3,(H,29,31)(H,30,34)(H,32,33)/t24-,25+/m1/s1. The van der Waals surface area contributed by atoms with Crippen LogP contribution in [0.2, 0.25) is 0 Å². The zero-order chi connectivity index (χ0) is 25.2. The molecule has 182 valence electrons. The summed E-state index contributed by atoms with van der Waals surface area (Å²) < 4.78 is 5.27.